The minimum absolute atomic E-state index is 0.111. The lowest BCUT2D eigenvalue weighted by Gasteiger charge is -2.08. The number of hydrogen-bond acceptors (Lipinski definition) is 6. The van der Waals surface area contributed by atoms with E-state index in [-0.39, 0.29) is 28.5 Å². The molecule has 0 bridgehead atoms. The normalized spacial score (nSPS) is 10.2. The molecular formula is C16H15NO6. The number of benzene rings is 1. The molecule has 0 radical (unpaired) electrons. The third kappa shape index (κ3) is 3.97. The number of phenols is 1. The molecule has 1 aromatic carbocycles. The van der Waals surface area contributed by atoms with Crippen molar-refractivity contribution in [2.24, 2.45) is 0 Å². The maximum Gasteiger partial charge on any atom is 0.342 e. The van der Waals surface area contributed by atoms with Crippen molar-refractivity contribution in [3.63, 3.8) is 0 Å². The highest BCUT2D eigenvalue weighted by atomic mass is 16.5. The number of ether oxygens (including phenoxy) is 1. The summed E-state index contributed by atoms with van der Waals surface area (Å²) in [5.74, 6) is -1.27. The van der Waals surface area contributed by atoms with Crippen LogP contribution in [-0.4, -0.2) is 29.4 Å². The first kappa shape index (κ1) is 16.3. The van der Waals surface area contributed by atoms with Crippen LogP contribution in [0.4, 0.5) is 5.69 Å². The van der Waals surface area contributed by atoms with Crippen LogP contribution in [0.3, 0.4) is 0 Å². The molecule has 2 aromatic rings. The van der Waals surface area contributed by atoms with Gasteiger partial charge in [-0.1, -0.05) is 0 Å². The molecule has 0 fully saturated rings. The fourth-order valence-corrected chi connectivity index (χ4v) is 1.89. The lowest BCUT2D eigenvalue weighted by atomic mass is 10.1. The largest absolute Gasteiger partial charge is 0.506 e. The Bertz CT molecular complexity index is 762. The van der Waals surface area contributed by atoms with E-state index in [1.54, 1.807) is 6.92 Å². The molecule has 0 spiro atoms. The number of aryl methyl sites for hydroxylation is 1. The number of aromatic hydroxyl groups is 1. The predicted octanol–water partition coefficient (Wildman–Crippen LogP) is 2.29. The molecule has 7 heteroatoms. The van der Waals surface area contributed by atoms with Gasteiger partial charge in [-0.05, 0) is 31.2 Å². The second kappa shape index (κ2) is 6.78. The molecule has 120 valence electrons. The van der Waals surface area contributed by atoms with Crippen molar-refractivity contribution in [3.8, 4) is 5.75 Å². The van der Waals surface area contributed by atoms with Crippen LogP contribution in [0.25, 0.3) is 0 Å². The Morgan fingerprint density at radius 3 is 2.61 bits per heavy atom. The van der Waals surface area contributed by atoms with Crippen LogP contribution in [0.15, 0.2) is 34.9 Å². The van der Waals surface area contributed by atoms with Crippen LogP contribution in [-0.2, 0) is 9.53 Å². The van der Waals surface area contributed by atoms with Gasteiger partial charge in [0, 0.05) is 12.5 Å². The Morgan fingerprint density at radius 2 is 2.00 bits per heavy atom. The number of rotatable bonds is 5. The molecule has 1 aromatic heterocycles. The summed E-state index contributed by atoms with van der Waals surface area (Å²) >= 11 is 0. The minimum Gasteiger partial charge on any atom is -0.506 e. The lowest BCUT2D eigenvalue weighted by molar-refractivity contribution is -0.114. The van der Waals surface area contributed by atoms with Crippen molar-refractivity contribution < 1.29 is 28.6 Å². The zero-order valence-electron chi connectivity index (χ0n) is 12.6. The van der Waals surface area contributed by atoms with E-state index in [0.717, 1.165) is 0 Å². The smallest absolute Gasteiger partial charge is 0.342 e. The van der Waals surface area contributed by atoms with Gasteiger partial charge in [0.05, 0.1) is 12.0 Å². The zero-order chi connectivity index (χ0) is 17.0. The van der Waals surface area contributed by atoms with Crippen molar-refractivity contribution in [1.82, 2.24) is 0 Å². The van der Waals surface area contributed by atoms with Gasteiger partial charge in [-0.25, -0.2) is 4.79 Å². The number of amides is 1. The molecule has 2 rings (SSSR count). The molecule has 0 aliphatic rings. The van der Waals surface area contributed by atoms with E-state index >= 15 is 0 Å². The van der Waals surface area contributed by atoms with E-state index in [2.05, 4.69) is 5.32 Å². The maximum atomic E-state index is 12.1. The molecule has 1 amide bonds. The standard InChI is InChI=1S/C16H15NO6/c1-9-12(5-6-22-9)16(21)23-8-15(20)11-3-4-14(19)13(7-11)17-10(2)18/h3-7,19H,8H2,1-2H3,(H,17,18). The number of hydrogen-bond donors (Lipinski definition) is 2. The fraction of sp³-hybridized carbons (Fsp3) is 0.188. The Morgan fingerprint density at radius 1 is 1.26 bits per heavy atom. The Balaban J connectivity index is 2.05. The van der Waals surface area contributed by atoms with Gasteiger partial charge in [-0.2, -0.15) is 0 Å². The molecular weight excluding hydrogens is 302 g/mol. The van der Waals surface area contributed by atoms with Crippen molar-refractivity contribution in [1.29, 1.82) is 0 Å². The van der Waals surface area contributed by atoms with Crippen LogP contribution in [0.5, 0.6) is 5.75 Å². The molecule has 1 heterocycles. The van der Waals surface area contributed by atoms with Gasteiger partial charge in [-0.15, -0.1) is 0 Å². The SMILES string of the molecule is CC(=O)Nc1cc(C(=O)COC(=O)c2ccoc2C)ccc1O. The summed E-state index contributed by atoms with van der Waals surface area (Å²) in [5.41, 5.74) is 0.561. The number of anilines is 1. The third-order valence-electron chi connectivity index (χ3n) is 3.04. The van der Waals surface area contributed by atoms with E-state index in [9.17, 15) is 19.5 Å². The summed E-state index contributed by atoms with van der Waals surface area (Å²) in [5, 5.41) is 12.0. The average molecular weight is 317 g/mol. The van der Waals surface area contributed by atoms with Crippen LogP contribution in [0.2, 0.25) is 0 Å². The number of Topliss-reactive ketones (excluding diaryl/α,β-unsaturated/α-hetero) is 1. The number of nitrogens with one attached hydrogen (secondary N) is 1. The molecule has 2 N–H and O–H groups in total. The number of esters is 1. The first-order chi connectivity index (χ1) is 10.9. The monoisotopic (exact) mass is 317 g/mol. The van der Waals surface area contributed by atoms with Gasteiger partial charge < -0.3 is 19.6 Å². The van der Waals surface area contributed by atoms with Crippen molar-refractivity contribution in [3.05, 3.63) is 47.4 Å². The number of phenolic OH excluding ortho intramolecular Hbond substituents is 1. The summed E-state index contributed by atoms with van der Waals surface area (Å²) in [6.45, 7) is 2.43. The van der Waals surface area contributed by atoms with E-state index in [4.69, 9.17) is 9.15 Å². The molecule has 23 heavy (non-hydrogen) atoms. The van der Waals surface area contributed by atoms with E-state index < -0.39 is 18.4 Å². The van der Waals surface area contributed by atoms with Gasteiger partial charge >= 0.3 is 5.97 Å². The van der Waals surface area contributed by atoms with E-state index in [0.29, 0.717) is 5.76 Å². The Labute approximate surface area is 131 Å². The van der Waals surface area contributed by atoms with Crippen LogP contribution < -0.4 is 5.32 Å². The highest BCUT2D eigenvalue weighted by molar-refractivity contribution is 6.01. The topological polar surface area (TPSA) is 106 Å². The lowest BCUT2D eigenvalue weighted by Crippen LogP contribution is -2.15. The van der Waals surface area contributed by atoms with Crippen molar-refractivity contribution in [2.45, 2.75) is 13.8 Å². The molecule has 0 saturated carbocycles. The predicted molar refractivity (Wildman–Crippen MR) is 80.5 cm³/mol. The van der Waals surface area contributed by atoms with Gasteiger partial charge in [-0.3, -0.25) is 9.59 Å². The molecule has 0 unspecified atom stereocenters. The summed E-state index contributed by atoms with van der Waals surface area (Å²) in [4.78, 5) is 34.9. The summed E-state index contributed by atoms with van der Waals surface area (Å²) in [7, 11) is 0. The number of ketones is 1. The van der Waals surface area contributed by atoms with E-state index in [1.165, 1.54) is 37.5 Å². The summed E-state index contributed by atoms with van der Waals surface area (Å²) in [6.07, 6.45) is 1.35. The Kier molecular flexibility index (Phi) is 4.80. The van der Waals surface area contributed by atoms with Gasteiger partial charge in [0.1, 0.15) is 17.1 Å². The minimum atomic E-state index is -0.662. The number of carbonyl (C=O) groups is 3. The quantitative estimate of drug-likeness (QED) is 0.498. The molecule has 7 nitrogen and oxygen atoms in total. The van der Waals surface area contributed by atoms with Gasteiger partial charge in [0.25, 0.3) is 0 Å². The summed E-state index contributed by atoms with van der Waals surface area (Å²) < 4.78 is 9.93. The number of carbonyl (C=O) groups excluding carboxylic acids is 3. The second-order valence-electron chi connectivity index (χ2n) is 4.80. The first-order valence-corrected chi connectivity index (χ1v) is 6.73. The third-order valence-corrected chi connectivity index (χ3v) is 3.04. The molecule has 0 atom stereocenters. The first-order valence-electron chi connectivity index (χ1n) is 6.73. The fourth-order valence-electron chi connectivity index (χ4n) is 1.89. The highest BCUT2D eigenvalue weighted by Crippen LogP contribution is 2.24. The van der Waals surface area contributed by atoms with Crippen LogP contribution in [0.1, 0.15) is 33.4 Å². The summed E-state index contributed by atoms with van der Waals surface area (Å²) in [6, 6.07) is 5.42. The molecule has 0 aliphatic heterocycles. The average Bonchev–Trinajstić information content (AvgIpc) is 2.92. The van der Waals surface area contributed by atoms with Gasteiger partial charge in [0.15, 0.2) is 12.4 Å². The Hall–Kier alpha value is -3.09. The second-order valence-corrected chi connectivity index (χ2v) is 4.80. The molecule has 0 saturated heterocycles. The molecule has 0 aliphatic carbocycles. The van der Waals surface area contributed by atoms with Crippen molar-refractivity contribution in [2.75, 3.05) is 11.9 Å². The highest BCUT2D eigenvalue weighted by Gasteiger charge is 2.16. The van der Waals surface area contributed by atoms with Gasteiger partial charge in [0.2, 0.25) is 5.91 Å². The van der Waals surface area contributed by atoms with Crippen LogP contribution >= 0.6 is 0 Å². The van der Waals surface area contributed by atoms with E-state index in [1.807, 2.05) is 0 Å². The zero-order valence-corrected chi connectivity index (χ0v) is 12.6. The van der Waals surface area contributed by atoms with Crippen molar-refractivity contribution >= 4 is 23.3 Å². The van der Waals surface area contributed by atoms with Crippen LogP contribution in [0, 0.1) is 6.92 Å². The number of furan rings is 1. The maximum absolute atomic E-state index is 12.1.